The SMILES string of the molecule is CCN1CCN(c2cc(COC)nc(SCc3ccc(C(=O)Nc4ccc(F)cc4)o3)n2)CC1. The molecule has 180 valence electrons. The van der Waals surface area contributed by atoms with E-state index in [9.17, 15) is 9.18 Å². The van der Waals surface area contributed by atoms with Gasteiger partial charge in [0.15, 0.2) is 10.9 Å². The van der Waals surface area contributed by atoms with E-state index in [1.807, 2.05) is 6.07 Å². The van der Waals surface area contributed by atoms with E-state index in [0.717, 1.165) is 44.2 Å². The number of carbonyl (C=O) groups is 1. The van der Waals surface area contributed by atoms with E-state index in [-0.39, 0.29) is 11.6 Å². The number of rotatable bonds is 9. The summed E-state index contributed by atoms with van der Waals surface area (Å²) in [6, 6.07) is 10.9. The van der Waals surface area contributed by atoms with Crippen molar-refractivity contribution < 1.29 is 18.3 Å². The number of hydrogen-bond acceptors (Lipinski definition) is 8. The standard InChI is InChI=1S/C24H28FN5O3S/c1-3-29-10-12-30(13-11-29)22-14-19(15-32-2)27-24(28-22)34-16-20-8-9-21(33-20)23(31)26-18-6-4-17(25)5-7-18/h4-9,14H,3,10-13,15-16H2,1-2H3,(H,26,31). The Labute approximate surface area is 202 Å². The molecule has 10 heteroatoms. The van der Waals surface area contributed by atoms with Crippen LogP contribution < -0.4 is 10.2 Å². The van der Waals surface area contributed by atoms with Gasteiger partial charge in [0, 0.05) is 45.0 Å². The summed E-state index contributed by atoms with van der Waals surface area (Å²) in [6.07, 6.45) is 0. The number of amides is 1. The first-order chi connectivity index (χ1) is 16.5. The van der Waals surface area contributed by atoms with Crippen molar-refractivity contribution in [1.29, 1.82) is 0 Å². The van der Waals surface area contributed by atoms with Crippen LogP contribution in [0.1, 0.15) is 28.9 Å². The highest BCUT2D eigenvalue weighted by molar-refractivity contribution is 7.98. The van der Waals surface area contributed by atoms with Crippen molar-refractivity contribution in [2.45, 2.75) is 24.4 Å². The third-order valence-corrected chi connectivity index (χ3v) is 6.38. The smallest absolute Gasteiger partial charge is 0.291 e. The number of hydrogen-bond donors (Lipinski definition) is 1. The lowest BCUT2D eigenvalue weighted by molar-refractivity contribution is 0.0995. The summed E-state index contributed by atoms with van der Waals surface area (Å²) in [7, 11) is 1.65. The first-order valence-electron chi connectivity index (χ1n) is 11.2. The number of aromatic nitrogens is 2. The zero-order valence-corrected chi connectivity index (χ0v) is 20.1. The van der Waals surface area contributed by atoms with Gasteiger partial charge in [-0.05, 0) is 42.9 Å². The van der Waals surface area contributed by atoms with Crippen molar-refractivity contribution in [2.24, 2.45) is 0 Å². The molecule has 0 aliphatic carbocycles. The molecule has 0 unspecified atom stereocenters. The molecule has 1 fully saturated rings. The van der Waals surface area contributed by atoms with Gasteiger partial charge in [-0.25, -0.2) is 14.4 Å². The lowest BCUT2D eigenvalue weighted by Crippen LogP contribution is -2.46. The van der Waals surface area contributed by atoms with Crippen LogP contribution in [0.25, 0.3) is 0 Å². The van der Waals surface area contributed by atoms with Gasteiger partial charge in [0.05, 0.1) is 18.1 Å². The fourth-order valence-corrected chi connectivity index (χ4v) is 4.41. The monoisotopic (exact) mass is 485 g/mol. The third kappa shape index (κ3) is 6.34. The van der Waals surface area contributed by atoms with Crippen molar-refractivity contribution in [2.75, 3.05) is 50.1 Å². The summed E-state index contributed by atoms with van der Waals surface area (Å²) >= 11 is 1.45. The van der Waals surface area contributed by atoms with Gasteiger partial charge in [-0.15, -0.1) is 0 Å². The molecular formula is C24H28FN5O3S. The fourth-order valence-electron chi connectivity index (χ4n) is 3.64. The molecule has 0 atom stereocenters. The van der Waals surface area contributed by atoms with Gasteiger partial charge < -0.3 is 24.3 Å². The van der Waals surface area contributed by atoms with Gasteiger partial charge in [0.1, 0.15) is 17.4 Å². The van der Waals surface area contributed by atoms with Gasteiger partial charge in [0.2, 0.25) is 0 Å². The summed E-state index contributed by atoms with van der Waals surface area (Å²) in [5.41, 5.74) is 1.32. The molecule has 0 radical (unpaired) electrons. The molecule has 1 aromatic carbocycles. The summed E-state index contributed by atoms with van der Waals surface area (Å²) in [5.74, 6) is 1.44. The Morgan fingerprint density at radius 2 is 1.91 bits per heavy atom. The van der Waals surface area contributed by atoms with Crippen LogP contribution in [0, 0.1) is 5.82 Å². The van der Waals surface area contributed by atoms with E-state index < -0.39 is 5.91 Å². The lowest BCUT2D eigenvalue weighted by atomic mass is 10.3. The second kappa shape index (κ2) is 11.5. The van der Waals surface area contributed by atoms with Crippen LogP contribution in [0.5, 0.6) is 0 Å². The number of carbonyl (C=O) groups excluding carboxylic acids is 1. The predicted octanol–water partition coefficient (Wildman–Crippen LogP) is 4.04. The number of likely N-dealkylation sites (N-methyl/N-ethyl adjacent to an activating group) is 1. The maximum Gasteiger partial charge on any atom is 0.291 e. The molecule has 1 amide bonds. The number of methoxy groups -OCH3 is 1. The largest absolute Gasteiger partial charge is 0.455 e. The van der Waals surface area contributed by atoms with Crippen LogP contribution in [-0.2, 0) is 17.1 Å². The molecule has 1 N–H and O–H groups in total. The highest BCUT2D eigenvalue weighted by Crippen LogP contribution is 2.25. The van der Waals surface area contributed by atoms with Crippen molar-refractivity contribution in [3.8, 4) is 0 Å². The number of nitrogens with one attached hydrogen (secondary N) is 1. The minimum Gasteiger partial charge on any atom is -0.455 e. The predicted molar refractivity (Wildman–Crippen MR) is 130 cm³/mol. The van der Waals surface area contributed by atoms with Crippen LogP contribution in [0.3, 0.4) is 0 Å². The third-order valence-electron chi connectivity index (χ3n) is 5.51. The molecule has 0 bridgehead atoms. The average Bonchev–Trinajstić information content (AvgIpc) is 3.34. The topological polar surface area (TPSA) is 83.7 Å². The first-order valence-corrected chi connectivity index (χ1v) is 12.1. The molecule has 1 aliphatic heterocycles. The van der Waals surface area contributed by atoms with Gasteiger partial charge in [-0.1, -0.05) is 18.7 Å². The van der Waals surface area contributed by atoms with E-state index >= 15 is 0 Å². The maximum atomic E-state index is 13.0. The number of furan rings is 1. The Morgan fingerprint density at radius 3 is 2.62 bits per heavy atom. The van der Waals surface area contributed by atoms with Crippen molar-refractivity contribution in [3.63, 3.8) is 0 Å². The number of thioether (sulfide) groups is 1. The highest BCUT2D eigenvalue weighted by Gasteiger charge is 2.19. The zero-order chi connectivity index (χ0) is 23.9. The Kier molecular flexibility index (Phi) is 8.15. The van der Waals surface area contributed by atoms with E-state index in [1.54, 1.807) is 19.2 Å². The molecule has 3 aromatic rings. The van der Waals surface area contributed by atoms with E-state index in [4.69, 9.17) is 14.1 Å². The molecule has 0 saturated carbocycles. The van der Waals surface area contributed by atoms with Crippen LogP contribution in [-0.4, -0.2) is 60.6 Å². The van der Waals surface area contributed by atoms with Crippen LogP contribution in [0.4, 0.5) is 15.9 Å². The van der Waals surface area contributed by atoms with E-state index in [1.165, 1.54) is 36.0 Å². The minimum absolute atomic E-state index is 0.184. The van der Waals surface area contributed by atoms with Crippen LogP contribution >= 0.6 is 11.8 Å². The molecule has 1 saturated heterocycles. The number of nitrogens with zero attached hydrogens (tertiary/aromatic N) is 4. The van der Waals surface area contributed by atoms with Crippen LogP contribution in [0.2, 0.25) is 0 Å². The molecule has 2 aromatic heterocycles. The van der Waals surface area contributed by atoms with Crippen molar-refractivity contribution >= 4 is 29.2 Å². The molecular weight excluding hydrogens is 457 g/mol. The first kappa shape index (κ1) is 24.2. The molecule has 1 aliphatic rings. The fraction of sp³-hybridized carbons (Fsp3) is 0.375. The summed E-state index contributed by atoms with van der Waals surface area (Å²) in [5, 5.41) is 3.33. The summed E-state index contributed by atoms with van der Waals surface area (Å²) < 4.78 is 24.1. The number of anilines is 2. The zero-order valence-electron chi connectivity index (χ0n) is 19.3. The number of halogens is 1. The Hall–Kier alpha value is -2.95. The maximum absolute atomic E-state index is 13.0. The van der Waals surface area contributed by atoms with Gasteiger partial charge in [-0.3, -0.25) is 4.79 Å². The Bertz CT molecular complexity index is 1100. The highest BCUT2D eigenvalue weighted by atomic mass is 32.2. The number of ether oxygens (including phenoxy) is 1. The molecule has 0 spiro atoms. The van der Waals surface area contributed by atoms with Crippen molar-refractivity contribution in [1.82, 2.24) is 14.9 Å². The van der Waals surface area contributed by atoms with Gasteiger partial charge in [0.25, 0.3) is 5.91 Å². The molecule has 3 heterocycles. The Balaban J connectivity index is 1.40. The van der Waals surface area contributed by atoms with Gasteiger partial charge >= 0.3 is 0 Å². The van der Waals surface area contributed by atoms with Gasteiger partial charge in [-0.2, -0.15) is 0 Å². The quantitative estimate of drug-likeness (QED) is 0.359. The summed E-state index contributed by atoms with van der Waals surface area (Å²) in [6.45, 7) is 7.51. The lowest BCUT2D eigenvalue weighted by Gasteiger charge is -2.34. The average molecular weight is 486 g/mol. The molecule has 34 heavy (non-hydrogen) atoms. The molecule has 8 nitrogen and oxygen atoms in total. The number of benzene rings is 1. The second-order valence-corrected chi connectivity index (χ2v) is 8.81. The van der Waals surface area contributed by atoms with Crippen LogP contribution in [0.15, 0.2) is 52.0 Å². The molecule has 4 rings (SSSR count). The van der Waals surface area contributed by atoms with Crippen molar-refractivity contribution in [3.05, 3.63) is 65.5 Å². The second-order valence-electron chi connectivity index (χ2n) is 7.87. The van der Waals surface area contributed by atoms with E-state index in [0.29, 0.717) is 29.0 Å². The van der Waals surface area contributed by atoms with E-state index in [2.05, 4.69) is 27.0 Å². The minimum atomic E-state index is -0.394. The number of piperazine rings is 1. The summed E-state index contributed by atoms with van der Waals surface area (Å²) in [4.78, 5) is 26.5. The normalized spacial score (nSPS) is 14.4. The Morgan fingerprint density at radius 1 is 1.15 bits per heavy atom.